The van der Waals surface area contributed by atoms with Gasteiger partial charge in [-0.2, -0.15) is 0 Å². The number of ether oxygens (including phenoxy) is 3. The van der Waals surface area contributed by atoms with Crippen LogP contribution in [0, 0.1) is 0 Å². The molecule has 0 saturated heterocycles. The number of hydrogen-bond acceptors (Lipinski definition) is 7. The predicted octanol–water partition coefficient (Wildman–Crippen LogP) is 3.88. The fraction of sp³-hybridized carbons (Fsp3) is 0.429. The zero-order valence-electron chi connectivity index (χ0n) is 15.8. The number of ketones is 1. The summed E-state index contributed by atoms with van der Waals surface area (Å²) in [7, 11) is 0. The summed E-state index contributed by atoms with van der Waals surface area (Å²) in [5, 5.41) is 0. The van der Waals surface area contributed by atoms with Crippen molar-refractivity contribution < 1.29 is 23.8 Å². The maximum Gasteiger partial charge on any atom is 0.309 e. The number of carbonyl (C=O) groups excluding carboxylic acids is 2. The summed E-state index contributed by atoms with van der Waals surface area (Å²) in [6.45, 7) is 4.74. The van der Waals surface area contributed by atoms with Gasteiger partial charge in [0.05, 0.1) is 38.6 Å². The van der Waals surface area contributed by atoms with E-state index in [1.165, 1.54) is 0 Å². The molecule has 28 heavy (non-hydrogen) atoms. The van der Waals surface area contributed by atoms with Crippen molar-refractivity contribution in [1.29, 1.82) is 0 Å². The third kappa shape index (κ3) is 13.3. The van der Waals surface area contributed by atoms with Crippen LogP contribution in [-0.4, -0.2) is 41.5 Å². The van der Waals surface area contributed by atoms with E-state index in [2.05, 4.69) is 9.97 Å². The van der Waals surface area contributed by atoms with Gasteiger partial charge in [0.1, 0.15) is 17.3 Å². The third-order valence-corrected chi connectivity index (χ3v) is 3.03. The van der Waals surface area contributed by atoms with E-state index in [9.17, 15) is 9.59 Å². The minimum Gasteiger partial charge on any atom is -0.492 e. The van der Waals surface area contributed by atoms with Crippen LogP contribution in [0.15, 0.2) is 49.1 Å². The number of pyridine rings is 2. The van der Waals surface area contributed by atoms with E-state index in [-0.39, 0.29) is 25.6 Å². The molecular formula is C21H30N2O5. The van der Waals surface area contributed by atoms with Gasteiger partial charge in [-0.05, 0) is 37.6 Å². The van der Waals surface area contributed by atoms with Gasteiger partial charge in [-0.3, -0.25) is 19.6 Å². The summed E-state index contributed by atoms with van der Waals surface area (Å²) < 4.78 is 15.4. The van der Waals surface area contributed by atoms with Crippen LogP contribution in [0.5, 0.6) is 11.5 Å². The molecule has 0 aromatic carbocycles. The average molecular weight is 390 g/mol. The highest BCUT2D eigenvalue weighted by Gasteiger charge is 2.02. The highest BCUT2D eigenvalue weighted by molar-refractivity contribution is 5.75. The number of nitrogens with zero attached hydrogens (tertiary/aromatic N) is 2. The van der Waals surface area contributed by atoms with E-state index in [1.54, 1.807) is 49.9 Å². The van der Waals surface area contributed by atoms with Gasteiger partial charge in [-0.15, -0.1) is 0 Å². The maximum atomic E-state index is 11.1. The number of hydrogen-bond donors (Lipinski definition) is 0. The van der Waals surface area contributed by atoms with Gasteiger partial charge in [-0.1, -0.05) is 14.4 Å². The largest absolute Gasteiger partial charge is 0.492 e. The molecule has 0 atom stereocenters. The Hall–Kier alpha value is -2.96. The van der Waals surface area contributed by atoms with E-state index in [1.807, 2.05) is 13.0 Å². The molecule has 2 heterocycles. The first-order chi connectivity index (χ1) is 13.1. The van der Waals surface area contributed by atoms with Crippen molar-refractivity contribution in [3.8, 4) is 11.5 Å². The number of Topliss-reactive ketones (excluding diaryl/α,β-unsaturated/α-hetero) is 1. The SMILES string of the molecule is C.CC(=O)CCOc1cccnc1.CCCOC(=O)CCOc1cccnc1. The van der Waals surface area contributed by atoms with Crippen molar-refractivity contribution in [2.24, 2.45) is 0 Å². The van der Waals surface area contributed by atoms with Crippen LogP contribution in [-0.2, 0) is 14.3 Å². The first kappa shape index (κ1) is 25.0. The van der Waals surface area contributed by atoms with E-state index in [0.717, 1.165) is 6.42 Å². The Morgan fingerprint density at radius 1 is 0.893 bits per heavy atom. The smallest absolute Gasteiger partial charge is 0.309 e. The second kappa shape index (κ2) is 16.2. The van der Waals surface area contributed by atoms with Crippen LogP contribution < -0.4 is 9.47 Å². The summed E-state index contributed by atoms with van der Waals surface area (Å²) in [6, 6.07) is 7.19. The molecule has 0 N–H and O–H groups in total. The van der Waals surface area contributed by atoms with E-state index >= 15 is 0 Å². The monoisotopic (exact) mass is 390 g/mol. The fourth-order valence-corrected chi connectivity index (χ4v) is 1.72. The lowest BCUT2D eigenvalue weighted by atomic mass is 10.3. The Labute approximate surface area is 167 Å². The second-order valence-electron chi connectivity index (χ2n) is 5.50. The predicted molar refractivity (Wildman–Crippen MR) is 107 cm³/mol. The Morgan fingerprint density at radius 2 is 1.43 bits per heavy atom. The molecule has 0 aliphatic heterocycles. The zero-order chi connectivity index (χ0) is 19.7. The van der Waals surface area contributed by atoms with Crippen molar-refractivity contribution in [2.75, 3.05) is 19.8 Å². The minimum atomic E-state index is -0.222. The molecule has 0 fully saturated rings. The molecule has 0 bridgehead atoms. The van der Waals surface area contributed by atoms with Crippen LogP contribution in [0.4, 0.5) is 0 Å². The zero-order valence-corrected chi connectivity index (χ0v) is 15.8. The molecule has 0 aliphatic carbocycles. The Balaban J connectivity index is 0.000000514. The summed E-state index contributed by atoms with van der Waals surface area (Å²) in [5.74, 6) is 1.29. The summed E-state index contributed by atoms with van der Waals surface area (Å²) in [5.41, 5.74) is 0. The van der Waals surface area contributed by atoms with Gasteiger partial charge in [0.25, 0.3) is 0 Å². The molecular weight excluding hydrogens is 360 g/mol. The van der Waals surface area contributed by atoms with Crippen molar-refractivity contribution in [3.63, 3.8) is 0 Å². The molecule has 2 aromatic heterocycles. The third-order valence-electron chi connectivity index (χ3n) is 3.03. The van der Waals surface area contributed by atoms with Crippen molar-refractivity contribution in [3.05, 3.63) is 49.1 Å². The van der Waals surface area contributed by atoms with Crippen LogP contribution in [0.1, 0.15) is 40.5 Å². The van der Waals surface area contributed by atoms with Gasteiger partial charge in [-0.25, -0.2) is 0 Å². The molecule has 0 unspecified atom stereocenters. The van der Waals surface area contributed by atoms with Gasteiger partial charge >= 0.3 is 5.97 Å². The topological polar surface area (TPSA) is 87.6 Å². The second-order valence-corrected chi connectivity index (χ2v) is 5.50. The van der Waals surface area contributed by atoms with Crippen molar-refractivity contribution >= 4 is 11.8 Å². The molecule has 7 heteroatoms. The molecule has 7 nitrogen and oxygen atoms in total. The number of carbonyl (C=O) groups is 2. The molecule has 2 rings (SSSR count). The van der Waals surface area contributed by atoms with Gasteiger partial charge in [0, 0.05) is 18.8 Å². The van der Waals surface area contributed by atoms with Crippen LogP contribution in [0.2, 0.25) is 0 Å². The van der Waals surface area contributed by atoms with E-state index in [4.69, 9.17) is 14.2 Å². The minimum absolute atomic E-state index is 0. The summed E-state index contributed by atoms with van der Waals surface area (Å²) in [4.78, 5) is 29.4. The number of esters is 1. The molecule has 0 amide bonds. The first-order valence-electron chi connectivity index (χ1n) is 8.82. The van der Waals surface area contributed by atoms with Crippen molar-refractivity contribution in [1.82, 2.24) is 9.97 Å². The van der Waals surface area contributed by atoms with Crippen LogP contribution in [0.3, 0.4) is 0 Å². The lowest BCUT2D eigenvalue weighted by Crippen LogP contribution is -2.10. The Bertz CT molecular complexity index is 650. The van der Waals surface area contributed by atoms with E-state index < -0.39 is 0 Å². The molecule has 0 saturated carbocycles. The van der Waals surface area contributed by atoms with Gasteiger partial charge < -0.3 is 14.2 Å². The quantitative estimate of drug-likeness (QED) is 0.569. The van der Waals surface area contributed by atoms with Crippen LogP contribution in [0.25, 0.3) is 0 Å². The fourth-order valence-electron chi connectivity index (χ4n) is 1.72. The van der Waals surface area contributed by atoms with Gasteiger partial charge in [0.2, 0.25) is 0 Å². The Kier molecular flexibility index (Phi) is 14.5. The molecule has 0 radical (unpaired) electrons. The highest BCUT2D eigenvalue weighted by atomic mass is 16.5. The Morgan fingerprint density at radius 3 is 1.86 bits per heavy atom. The number of rotatable bonds is 10. The van der Waals surface area contributed by atoms with Crippen molar-refractivity contribution in [2.45, 2.75) is 40.5 Å². The van der Waals surface area contributed by atoms with E-state index in [0.29, 0.717) is 37.7 Å². The normalized spacial score (nSPS) is 9.21. The molecule has 0 aliphatic rings. The summed E-state index contributed by atoms with van der Waals surface area (Å²) >= 11 is 0. The molecule has 2 aromatic rings. The van der Waals surface area contributed by atoms with Gasteiger partial charge in [0.15, 0.2) is 0 Å². The molecule has 154 valence electrons. The molecule has 0 spiro atoms. The number of aromatic nitrogens is 2. The standard InChI is InChI=1S/C11H15NO3.C9H11NO2.CH4/c1-2-7-15-11(13)5-8-14-10-4-3-6-12-9-10;1-8(11)4-6-12-9-3-2-5-10-7-9;/h3-4,6,9H,2,5,7-8H2,1H3;2-3,5,7H,4,6H2,1H3;1H4. The summed E-state index contributed by atoms with van der Waals surface area (Å²) in [6.07, 6.45) is 8.15. The highest BCUT2D eigenvalue weighted by Crippen LogP contribution is 2.07. The average Bonchev–Trinajstić information content (AvgIpc) is 2.68. The van der Waals surface area contributed by atoms with Crippen LogP contribution >= 0.6 is 0 Å². The first-order valence-corrected chi connectivity index (χ1v) is 8.82. The lowest BCUT2D eigenvalue weighted by molar-refractivity contribution is -0.144. The lowest BCUT2D eigenvalue weighted by Gasteiger charge is -2.05. The maximum absolute atomic E-state index is 11.1.